The van der Waals surface area contributed by atoms with Crippen LogP contribution in [0.3, 0.4) is 0 Å². The number of hydrogen-bond acceptors (Lipinski definition) is 5. The van der Waals surface area contributed by atoms with Gasteiger partial charge in [-0.15, -0.1) is 0 Å². The van der Waals surface area contributed by atoms with Gasteiger partial charge in [0.05, 0.1) is 18.2 Å². The molecule has 1 aliphatic rings. The van der Waals surface area contributed by atoms with Crippen molar-refractivity contribution in [1.29, 1.82) is 0 Å². The molecule has 1 fully saturated rings. The van der Waals surface area contributed by atoms with Crippen LogP contribution in [0, 0.1) is 5.82 Å². The number of rotatable bonds is 5. The molecule has 7 nitrogen and oxygen atoms in total. The van der Waals surface area contributed by atoms with Crippen molar-refractivity contribution >= 4 is 33.2 Å². The minimum Gasteiger partial charge on any atom is -0.451 e. The summed E-state index contributed by atoms with van der Waals surface area (Å²) in [5, 5.41) is 3.01. The summed E-state index contributed by atoms with van der Waals surface area (Å²) in [6, 6.07) is 13.5. The van der Waals surface area contributed by atoms with Gasteiger partial charge in [-0.1, -0.05) is 23.7 Å². The number of nitrogens with one attached hydrogen (secondary N) is 1. The Morgan fingerprint density at radius 1 is 1.06 bits per heavy atom. The molecule has 2 heterocycles. The van der Waals surface area contributed by atoms with Gasteiger partial charge in [-0.25, -0.2) is 12.8 Å². The number of benzene rings is 2. The Hall–Kier alpha value is -2.72. The maximum absolute atomic E-state index is 14.3. The molecular formula is C21H18ClFN2O5S. The van der Waals surface area contributed by atoms with Gasteiger partial charge in [0.1, 0.15) is 16.5 Å². The third-order valence-corrected chi connectivity index (χ3v) is 6.99. The zero-order chi connectivity index (χ0) is 22.0. The number of hydrogen-bond donors (Lipinski definition) is 1. The lowest BCUT2D eigenvalue weighted by molar-refractivity contribution is 0.0729. The van der Waals surface area contributed by atoms with Crippen molar-refractivity contribution in [2.45, 2.75) is 4.90 Å². The van der Waals surface area contributed by atoms with Crippen LogP contribution in [0.1, 0.15) is 10.6 Å². The first kappa shape index (κ1) is 21.5. The Bertz CT molecular complexity index is 1220. The predicted octanol–water partition coefficient (Wildman–Crippen LogP) is 4.01. The van der Waals surface area contributed by atoms with Crippen molar-refractivity contribution in [3.05, 3.63) is 71.2 Å². The number of carbonyl (C=O) groups is 1. The zero-order valence-electron chi connectivity index (χ0n) is 16.2. The van der Waals surface area contributed by atoms with Crippen molar-refractivity contribution in [3.63, 3.8) is 0 Å². The summed E-state index contributed by atoms with van der Waals surface area (Å²) in [6.45, 7) is 0.748. The summed E-state index contributed by atoms with van der Waals surface area (Å²) >= 11 is 6.15. The molecule has 1 aliphatic heterocycles. The number of nitrogens with zero attached hydrogens (tertiary/aromatic N) is 1. The highest BCUT2D eigenvalue weighted by Gasteiger charge is 2.29. The molecule has 1 aromatic heterocycles. The number of halogens is 2. The number of sulfonamides is 1. The highest BCUT2D eigenvalue weighted by Crippen LogP contribution is 2.29. The molecule has 2 aromatic carbocycles. The highest BCUT2D eigenvalue weighted by molar-refractivity contribution is 7.89. The second kappa shape index (κ2) is 8.80. The third-order valence-electron chi connectivity index (χ3n) is 4.75. The van der Waals surface area contributed by atoms with Crippen LogP contribution in [-0.2, 0) is 14.8 Å². The smallest absolute Gasteiger partial charge is 0.291 e. The van der Waals surface area contributed by atoms with Crippen LogP contribution in [0.25, 0.3) is 11.3 Å². The first-order valence-electron chi connectivity index (χ1n) is 9.40. The predicted molar refractivity (Wildman–Crippen MR) is 113 cm³/mol. The summed E-state index contributed by atoms with van der Waals surface area (Å²) in [5.41, 5.74) is 0.748. The average Bonchev–Trinajstić information content (AvgIpc) is 3.26. The number of furan rings is 1. The lowest BCUT2D eigenvalue weighted by Gasteiger charge is -2.26. The Morgan fingerprint density at radius 2 is 1.81 bits per heavy atom. The van der Waals surface area contributed by atoms with E-state index in [-0.39, 0.29) is 37.8 Å². The van der Waals surface area contributed by atoms with E-state index in [1.165, 1.54) is 12.1 Å². The standard InChI is InChI=1S/C21H18ClFN2O5S/c22-16-4-2-1-3-15(16)18-7-8-19(30-18)21(26)24-14-5-6-17(23)20(13-14)31(27,28)25-9-11-29-12-10-25/h1-8,13H,9-12H2,(H,24,26). The largest absolute Gasteiger partial charge is 0.451 e. The van der Waals surface area contributed by atoms with E-state index in [4.69, 9.17) is 20.8 Å². The van der Waals surface area contributed by atoms with Crippen LogP contribution in [0.2, 0.25) is 5.02 Å². The minimum atomic E-state index is -4.06. The number of anilines is 1. The second-order valence-corrected chi connectivity index (χ2v) is 9.07. The summed E-state index contributed by atoms with van der Waals surface area (Å²) in [4.78, 5) is 12.1. The van der Waals surface area contributed by atoms with E-state index >= 15 is 0 Å². The van der Waals surface area contributed by atoms with Gasteiger partial charge >= 0.3 is 0 Å². The Morgan fingerprint density at radius 3 is 2.55 bits per heavy atom. The summed E-state index contributed by atoms with van der Waals surface area (Å²) in [5.74, 6) is -1.11. The summed E-state index contributed by atoms with van der Waals surface area (Å²) < 4.78 is 51.8. The first-order valence-corrected chi connectivity index (χ1v) is 11.2. The Labute approximate surface area is 183 Å². The SMILES string of the molecule is O=C(Nc1ccc(F)c(S(=O)(=O)N2CCOCC2)c1)c1ccc(-c2ccccc2Cl)o1. The average molecular weight is 465 g/mol. The molecule has 4 rings (SSSR count). The molecule has 0 radical (unpaired) electrons. The van der Waals surface area contributed by atoms with Gasteiger partial charge in [0.2, 0.25) is 10.0 Å². The maximum atomic E-state index is 14.3. The molecule has 1 N–H and O–H groups in total. The first-order chi connectivity index (χ1) is 14.9. The van der Waals surface area contributed by atoms with Gasteiger partial charge in [-0.2, -0.15) is 4.31 Å². The van der Waals surface area contributed by atoms with Gasteiger partial charge in [-0.05, 0) is 42.5 Å². The molecule has 0 unspecified atom stereocenters. The molecule has 31 heavy (non-hydrogen) atoms. The van der Waals surface area contributed by atoms with Gasteiger partial charge < -0.3 is 14.5 Å². The van der Waals surface area contributed by atoms with Gasteiger partial charge in [0.15, 0.2) is 5.76 Å². The molecule has 0 atom stereocenters. The topological polar surface area (TPSA) is 88.9 Å². The molecule has 0 spiro atoms. The quantitative estimate of drug-likeness (QED) is 0.616. The van der Waals surface area contributed by atoms with E-state index in [0.29, 0.717) is 16.3 Å². The lowest BCUT2D eigenvalue weighted by atomic mass is 10.2. The molecule has 0 aliphatic carbocycles. The van der Waals surface area contributed by atoms with Gasteiger partial charge in [-0.3, -0.25) is 4.79 Å². The number of ether oxygens (including phenoxy) is 1. The van der Waals surface area contributed by atoms with Crippen molar-refractivity contribution in [2.75, 3.05) is 31.6 Å². The normalized spacial score (nSPS) is 15.0. The number of carbonyl (C=O) groups excluding carboxylic acids is 1. The Kier molecular flexibility index (Phi) is 6.10. The summed E-state index contributed by atoms with van der Waals surface area (Å²) in [7, 11) is -4.06. The van der Waals surface area contributed by atoms with Crippen LogP contribution in [-0.4, -0.2) is 44.9 Å². The number of amides is 1. The molecule has 1 amide bonds. The molecule has 10 heteroatoms. The molecule has 0 bridgehead atoms. The van der Waals surface area contributed by atoms with E-state index in [1.807, 2.05) is 0 Å². The second-order valence-electron chi connectivity index (χ2n) is 6.76. The maximum Gasteiger partial charge on any atom is 0.291 e. The van der Waals surface area contributed by atoms with E-state index in [2.05, 4.69) is 5.32 Å². The fourth-order valence-corrected chi connectivity index (χ4v) is 4.89. The fraction of sp³-hybridized carbons (Fsp3) is 0.190. The molecule has 0 saturated carbocycles. The number of morpholine rings is 1. The van der Waals surface area contributed by atoms with Crippen LogP contribution in [0.15, 0.2) is 63.9 Å². The van der Waals surface area contributed by atoms with E-state index in [0.717, 1.165) is 16.4 Å². The van der Waals surface area contributed by atoms with Crippen molar-refractivity contribution < 1.29 is 26.8 Å². The molecule has 162 valence electrons. The fourth-order valence-electron chi connectivity index (χ4n) is 3.16. The van der Waals surface area contributed by atoms with E-state index in [9.17, 15) is 17.6 Å². The van der Waals surface area contributed by atoms with Gasteiger partial charge in [0.25, 0.3) is 5.91 Å². The monoisotopic (exact) mass is 464 g/mol. The van der Waals surface area contributed by atoms with Gasteiger partial charge in [0, 0.05) is 24.3 Å². The van der Waals surface area contributed by atoms with Crippen molar-refractivity contribution in [3.8, 4) is 11.3 Å². The Balaban J connectivity index is 1.56. The highest BCUT2D eigenvalue weighted by atomic mass is 35.5. The molecule has 1 saturated heterocycles. The third kappa shape index (κ3) is 4.49. The van der Waals surface area contributed by atoms with Crippen LogP contribution < -0.4 is 5.32 Å². The molecule has 3 aromatic rings. The van der Waals surface area contributed by atoms with E-state index < -0.39 is 26.6 Å². The van der Waals surface area contributed by atoms with Crippen LogP contribution in [0.5, 0.6) is 0 Å². The van der Waals surface area contributed by atoms with E-state index in [1.54, 1.807) is 30.3 Å². The zero-order valence-corrected chi connectivity index (χ0v) is 17.7. The van der Waals surface area contributed by atoms with Crippen molar-refractivity contribution in [2.24, 2.45) is 0 Å². The lowest BCUT2D eigenvalue weighted by Crippen LogP contribution is -2.40. The van der Waals surface area contributed by atoms with Crippen LogP contribution in [0.4, 0.5) is 10.1 Å². The van der Waals surface area contributed by atoms with Crippen LogP contribution >= 0.6 is 11.6 Å². The van der Waals surface area contributed by atoms with Crippen molar-refractivity contribution in [1.82, 2.24) is 4.31 Å². The minimum absolute atomic E-state index is 0.00293. The molecular weight excluding hydrogens is 447 g/mol. The summed E-state index contributed by atoms with van der Waals surface area (Å²) in [6.07, 6.45) is 0.